The van der Waals surface area contributed by atoms with Gasteiger partial charge in [0.15, 0.2) is 0 Å². The second-order valence-corrected chi connectivity index (χ2v) is 4.59. The molecular formula is C14H13F2NO. The maximum absolute atomic E-state index is 13.8. The summed E-state index contributed by atoms with van der Waals surface area (Å²) in [5.74, 6) is -0.930. The molecule has 3 rings (SSSR count). The van der Waals surface area contributed by atoms with E-state index in [1.54, 1.807) is 16.8 Å². The Balaban J connectivity index is 2.15. The molecule has 94 valence electrons. The normalized spacial score (nSPS) is 18.7. The molecule has 1 aliphatic carbocycles. The van der Waals surface area contributed by atoms with Crippen LogP contribution >= 0.6 is 0 Å². The van der Waals surface area contributed by atoms with E-state index in [4.69, 9.17) is 0 Å². The van der Waals surface area contributed by atoms with Crippen molar-refractivity contribution < 1.29 is 13.9 Å². The third-order valence-corrected chi connectivity index (χ3v) is 3.45. The average molecular weight is 249 g/mol. The SMILES string of the molecule is OC1CCCc2c1ccn2-c1cc(F)ccc1F. The summed E-state index contributed by atoms with van der Waals surface area (Å²) in [6, 6.07) is 5.18. The molecule has 1 aromatic heterocycles. The van der Waals surface area contributed by atoms with Gasteiger partial charge in [-0.1, -0.05) is 0 Å². The van der Waals surface area contributed by atoms with Crippen molar-refractivity contribution in [3.8, 4) is 5.69 Å². The first-order chi connectivity index (χ1) is 8.66. The first-order valence-electron chi connectivity index (χ1n) is 6.00. The Morgan fingerprint density at radius 2 is 2.06 bits per heavy atom. The standard InChI is InChI=1S/C14H13F2NO/c15-9-4-5-11(16)13(8-9)17-7-6-10-12(17)2-1-3-14(10)18/h4-8,14,18H,1-3H2. The van der Waals surface area contributed by atoms with Crippen molar-refractivity contribution in [1.29, 1.82) is 0 Å². The molecule has 2 nitrogen and oxygen atoms in total. The van der Waals surface area contributed by atoms with Gasteiger partial charge in [-0.2, -0.15) is 0 Å². The summed E-state index contributed by atoms with van der Waals surface area (Å²) in [7, 11) is 0. The van der Waals surface area contributed by atoms with Crippen molar-refractivity contribution >= 4 is 0 Å². The van der Waals surface area contributed by atoms with Crippen LogP contribution in [0.4, 0.5) is 8.78 Å². The van der Waals surface area contributed by atoms with E-state index in [1.807, 2.05) is 0 Å². The molecule has 4 heteroatoms. The lowest BCUT2D eigenvalue weighted by Gasteiger charge is -2.20. The molecule has 0 saturated carbocycles. The van der Waals surface area contributed by atoms with Gasteiger partial charge in [-0.15, -0.1) is 0 Å². The molecule has 0 fully saturated rings. The highest BCUT2D eigenvalue weighted by molar-refractivity contribution is 5.41. The van der Waals surface area contributed by atoms with E-state index in [9.17, 15) is 13.9 Å². The second-order valence-electron chi connectivity index (χ2n) is 4.59. The number of rotatable bonds is 1. The summed E-state index contributed by atoms with van der Waals surface area (Å²) in [4.78, 5) is 0. The number of benzene rings is 1. The van der Waals surface area contributed by atoms with Crippen molar-refractivity contribution in [1.82, 2.24) is 4.57 Å². The zero-order valence-electron chi connectivity index (χ0n) is 9.74. The van der Waals surface area contributed by atoms with E-state index in [2.05, 4.69) is 0 Å². The van der Waals surface area contributed by atoms with Crippen molar-refractivity contribution in [3.05, 3.63) is 53.4 Å². The highest BCUT2D eigenvalue weighted by atomic mass is 19.1. The fraction of sp³-hybridized carbons (Fsp3) is 0.286. The van der Waals surface area contributed by atoms with Crippen LogP contribution in [0.5, 0.6) is 0 Å². The van der Waals surface area contributed by atoms with Crippen LogP contribution in [-0.2, 0) is 6.42 Å². The summed E-state index contributed by atoms with van der Waals surface area (Å²) in [5, 5.41) is 9.86. The Morgan fingerprint density at radius 3 is 2.89 bits per heavy atom. The number of aliphatic hydroxyl groups excluding tert-OH is 1. The smallest absolute Gasteiger partial charge is 0.147 e. The number of aromatic nitrogens is 1. The van der Waals surface area contributed by atoms with Crippen LogP contribution in [0.3, 0.4) is 0 Å². The maximum atomic E-state index is 13.8. The van der Waals surface area contributed by atoms with Crippen LogP contribution in [0.1, 0.15) is 30.2 Å². The van der Waals surface area contributed by atoms with Crippen molar-refractivity contribution in [2.45, 2.75) is 25.4 Å². The van der Waals surface area contributed by atoms with E-state index in [-0.39, 0.29) is 5.69 Å². The van der Waals surface area contributed by atoms with Gasteiger partial charge in [-0.25, -0.2) is 8.78 Å². The average Bonchev–Trinajstić information content (AvgIpc) is 2.77. The third kappa shape index (κ3) is 1.73. The fourth-order valence-corrected chi connectivity index (χ4v) is 2.56. The Kier molecular flexibility index (Phi) is 2.67. The predicted molar refractivity (Wildman–Crippen MR) is 63.6 cm³/mol. The minimum atomic E-state index is -0.494. The number of nitrogens with zero attached hydrogens (tertiary/aromatic N) is 1. The molecule has 0 spiro atoms. The van der Waals surface area contributed by atoms with E-state index < -0.39 is 17.7 Å². The summed E-state index contributed by atoms with van der Waals surface area (Å²) in [6.07, 6.45) is 3.55. The van der Waals surface area contributed by atoms with Gasteiger partial charge in [0, 0.05) is 23.5 Å². The van der Waals surface area contributed by atoms with Crippen LogP contribution in [0.15, 0.2) is 30.5 Å². The van der Waals surface area contributed by atoms with Gasteiger partial charge in [0.05, 0.1) is 11.8 Å². The highest BCUT2D eigenvalue weighted by Crippen LogP contribution is 2.32. The topological polar surface area (TPSA) is 25.2 Å². The zero-order chi connectivity index (χ0) is 12.7. The molecule has 1 N–H and O–H groups in total. The van der Waals surface area contributed by atoms with Crippen LogP contribution in [0.2, 0.25) is 0 Å². The minimum Gasteiger partial charge on any atom is -0.388 e. The lowest BCUT2D eigenvalue weighted by molar-refractivity contribution is 0.156. The monoisotopic (exact) mass is 249 g/mol. The van der Waals surface area contributed by atoms with Crippen molar-refractivity contribution in [3.63, 3.8) is 0 Å². The van der Waals surface area contributed by atoms with Crippen molar-refractivity contribution in [2.24, 2.45) is 0 Å². The first-order valence-corrected chi connectivity index (χ1v) is 6.00. The van der Waals surface area contributed by atoms with Crippen molar-refractivity contribution in [2.75, 3.05) is 0 Å². The molecule has 1 unspecified atom stereocenters. The fourth-order valence-electron chi connectivity index (χ4n) is 2.56. The molecule has 0 amide bonds. The lowest BCUT2D eigenvalue weighted by Crippen LogP contribution is -2.11. The van der Waals surface area contributed by atoms with Gasteiger partial charge in [-0.3, -0.25) is 0 Å². The number of halogens is 2. The number of hydrogen-bond donors (Lipinski definition) is 1. The quantitative estimate of drug-likeness (QED) is 0.825. The Hall–Kier alpha value is -1.68. The molecule has 1 aromatic carbocycles. The molecule has 0 saturated heterocycles. The van der Waals surface area contributed by atoms with E-state index >= 15 is 0 Å². The van der Waals surface area contributed by atoms with E-state index in [1.165, 1.54) is 6.07 Å². The molecule has 0 aliphatic heterocycles. The highest BCUT2D eigenvalue weighted by Gasteiger charge is 2.22. The first kappa shape index (κ1) is 11.4. The summed E-state index contributed by atoms with van der Waals surface area (Å²) in [6.45, 7) is 0. The Morgan fingerprint density at radius 1 is 1.22 bits per heavy atom. The molecule has 18 heavy (non-hydrogen) atoms. The maximum Gasteiger partial charge on any atom is 0.147 e. The van der Waals surface area contributed by atoms with Crippen LogP contribution < -0.4 is 0 Å². The van der Waals surface area contributed by atoms with Gasteiger partial charge < -0.3 is 9.67 Å². The summed E-state index contributed by atoms with van der Waals surface area (Å²) < 4.78 is 28.6. The van der Waals surface area contributed by atoms with Crippen LogP contribution in [0, 0.1) is 11.6 Å². The predicted octanol–water partition coefficient (Wildman–Crippen LogP) is 3.13. The van der Waals surface area contributed by atoms with Gasteiger partial charge in [0.25, 0.3) is 0 Å². The summed E-state index contributed by atoms with van der Waals surface area (Å²) >= 11 is 0. The van der Waals surface area contributed by atoms with Gasteiger partial charge in [0.1, 0.15) is 11.6 Å². The Labute approximate surface area is 103 Å². The molecular weight excluding hydrogens is 236 g/mol. The van der Waals surface area contributed by atoms with Crippen LogP contribution in [-0.4, -0.2) is 9.67 Å². The van der Waals surface area contributed by atoms with E-state index in [0.29, 0.717) is 0 Å². The largest absolute Gasteiger partial charge is 0.388 e. The number of hydrogen-bond acceptors (Lipinski definition) is 1. The number of fused-ring (bicyclic) bond motifs is 1. The molecule has 0 bridgehead atoms. The minimum absolute atomic E-state index is 0.199. The molecule has 1 aliphatic rings. The van der Waals surface area contributed by atoms with E-state index in [0.717, 1.165) is 42.7 Å². The zero-order valence-corrected chi connectivity index (χ0v) is 9.74. The Bertz CT molecular complexity index is 591. The second kappa shape index (κ2) is 4.21. The van der Waals surface area contributed by atoms with Gasteiger partial charge in [0.2, 0.25) is 0 Å². The summed E-state index contributed by atoms with van der Waals surface area (Å²) in [5.41, 5.74) is 1.90. The lowest BCUT2D eigenvalue weighted by atomic mass is 9.95. The number of aliphatic hydroxyl groups is 1. The van der Waals surface area contributed by atoms with Gasteiger partial charge >= 0.3 is 0 Å². The van der Waals surface area contributed by atoms with Crippen LogP contribution in [0.25, 0.3) is 5.69 Å². The van der Waals surface area contributed by atoms with Gasteiger partial charge in [-0.05, 0) is 37.5 Å². The molecule has 2 aromatic rings. The molecule has 1 atom stereocenters. The third-order valence-electron chi connectivity index (χ3n) is 3.45. The molecule has 1 heterocycles. The molecule has 0 radical (unpaired) electrons.